The summed E-state index contributed by atoms with van der Waals surface area (Å²) in [4.78, 5) is 12.8. The summed E-state index contributed by atoms with van der Waals surface area (Å²) < 4.78 is 0. The van der Waals surface area contributed by atoms with Crippen LogP contribution < -0.4 is 5.32 Å². The second-order valence-corrected chi connectivity index (χ2v) is 7.62. The third-order valence-electron chi connectivity index (χ3n) is 4.30. The van der Waals surface area contributed by atoms with Gasteiger partial charge in [0.1, 0.15) is 0 Å². The van der Waals surface area contributed by atoms with Crippen molar-refractivity contribution >= 4 is 46.3 Å². The number of benzene rings is 3. The van der Waals surface area contributed by atoms with E-state index in [-0.39, 0.29) is 11.8 Å². The van der Waals surface area contributed by atoms with Crippen LogP contribution in [0.4, 0.5) is 5.69 Å². The summed E-state index contributed by atoms with van der Waals surface area (Å²) in [6, 6.07) is 20.2. The first-order chi connectivity index (χ1) is 12.9. The zero-order valence-corrected chi connectivity index (χ0v) is 16.9. The average molecular weight is 419 g/mol. The number of hydrogen-bond acceptors (Lipinski definition) is 2. The van der Waals surface area contributed by atoms with Gasteiger partial charge in [0.05, 0.1) is 16.1 Å². The Hall–Kier alpha value is -2.00. The van der Waals surface area contributed by atoms with Crippen molar-refractivity contribution in [3.63, 3.8) is 0 Å². The van der Waals surface area contributed by atoms with Crippen molar-refractivity contribution in [3.8, 4) is 0 Å². The Morgan fingerprint density at radius 1 is 0.889 bits per heavy atom. The van der Waals surface area contributed by atoms with E-state index >= 15 is 0 Å². The predicted octanol–water partition coefficient (Wildman–Crippen LogP) is 7.38. The van der Waals surface area contributed by atoms with E-state index in [4.69, 9.17) is 34.8 Å². The first-order valence-electron chi connectivity index (χ1n) is 8.49. The number of ketones is 1. The highest BCUT2D eigenvalue weighted by Gasteiger charge is 2.18. The Bertz CT molecular complexity index is 937. The smallest absolute Gasteiger partial charge is 0.165 e. The molecule has 0 radical (unpaired) electrons. The molecule has 3 aromatic rings. The number of carbonyl (C=O) groups is 1. The molecule has 0 bridgehead atoms. The summed E-state index contributed by atoms with van der Waals surface area (Å²) in [6.45, 7) is 2.00. The molecule has 1 N–H and O–H groups in total. The van der Waals surface area contributed by atoms with Crippen LogP contribution in [-0.2, 0) is 0 Å². The number of anilines is 1. The molecule has 0 spiro atoms. The maximum Gasteiger partial charge on any atom is 0.165 e. The lowest BCUT2D eigenvalue weighted by Crippen LogP contribution is -2.16. The molecule has 0 amide bonds. The summed E-state index contributed by atoms with van der Waals surface area (Å²) in [7, 11) is 0. The molecular weight excluding hydrogens is 401 g/mol. The summed E-state index contributed by atoms with van der Waals surface area (Å²) in [5.41, 5.74) is 3.57. The van der Waals surface area contributed by atoms with E-state index < -0.39 is 0 Å². The van der Waals surface area contributed by atoms with E-state index in [1.165, 1.54) is 0 Å². The van der Waals surface area contributed by atoms with E-state index in [0.29, 0.717) is 27.1 Å². The van der Waals surface area contributed by atoms with Crippen LogP contribution in [0.5, 0.6) is 0 Å². The topological polar surface area (TPSA) is 29.1 Å². The van der Waals surface area contributed by atoms with Crippen molar-refractivity contribution in [2.24, 2.45) is 0 Å². The Morgan fingerprint density at radius 3 is 2.19 bits per heavy atom. The largest absolute Gasteiger partial charge is 0.378 e. The van der Waals surface area contributed by atoms with Crippen LogP contribution in [0.1, 0.15) is 33.9 Å². The number of carbonyl (C=O) groups excluding carboxylic acids is 1. The van der Waals surface area contributed by atoms with Crippen molar-refractivity contribution in [2.75, 3.05) is 5.32 Å². The lowest BCUT2D eigenvalue weighted by atomic mass is 9.97. The second kappa shape index (κ2) is 8.79. The van der Waals surface area contributed by atoms with Gasteiger partial charge in [-0.3, -0.25) is 4.79 Å². The zero-order valence-electron chi connectivity index (χ0n) is 14.7. The maximum absolute atomic E-state index is 12.8. The number of rotatable bonds is 6. The Balaban J connectivity index is 1.86. The molecule has 0 aliphatic rings. The molecule has 0 heterocycles. The Labute approximate surface area is 174 Å². The van der Waals surface area contributed by atoms with Gasteiger partial charge in [-0.15, -0.1) is 0 Å². The monoisotopic (exact) mass is 417 g/mol. The minimum atomic E-state index is -0.228. The van der Waals surface area contributed by atoms with Gasteiger partial charge in [0.2, 0.25) is 0 Å². The number of nitrogens with one attached hydrogen (secondary N) is 1. The fourth-order valence-electron chi connectivity index (χ4n) is 2.78. The zero-order chi connectivity index (χ0) is 19.4. The maximum atomic E-state index is 12.8. The van der Waals surface area contributed by atoms with E-state index in [1.807, 2.05) is 61.5 Å². The number of Topliss-reactive ketones (excluding diaryl/α,β-unsaturated/α-hetero) is 1. The average Bonchev–Trinajstić information content (AvgIpc) is 2.65. The van der Waals surface area contributed by atoms with Crippen molar-refractivity contribution in [1.29, 1.82) is 0 Å². The van der Waals surface area contributed by atoms with Gasteiger partial charge in [-0.25, -0.2) is 0 Å². The molecule has 2 nitrogen and oxygen atoms in total. The predicted molar refractivity (Wildman–Crippen MR) is 114 cm³/mol. The molecule has 138 valence electrons. The highest BCUT2D eigenvalue weighted by molar-refractivity contribution is 6.42. The highest BCUT2D eigenvalue weighted by Crippen LogP contribution is 2.30. The minimum absolute atomic E-state index is 0.0579. The van der Waals surface area contributed by atoms with Crippen LogP contribution in [0.2, 0.25) is 15.1 Å². The van der Waals surface area contributed by atoms with Crippen molar-refractivity contribution in [2.45, 2.75) is 19.4 Å². The van der Waals surface area contributed by atoms with Gasteiger partial charge in [0.25, 0.3) is 0 Å². The second-order valence-electron chi connectivity index (χ2n) is 6.37. The summed E-state index contributed by atoms with van der Waals surface area (Å²) in [6.07, 6.45) is 0.297. The molecular formula is C22H18Cl3NO. The first kappa shape index (κ1) is 19.8. The molecule has 0 saturated carbocycles. The Kier molecular flexibility index (Phi) is 6.43. The molecule has 0 aliphatic heterocycles. The SMILES string of the molecule is Cc1ccc(C(=O)C[C@@H](Nc2ccc(Cl)c(Cl)c2)c2ccc(Cl)cc2)cc1. The van der Waals surface area contributed by atoms with E-state index in [0.717, 1.165) is 16.8 Å². The van der Waals surface area contributed by atoms with Gasteiger partial charge < -0.3 is 5.32 Å². The van der Waals surface area contributed by atoms with Gasteiger partial charge in [0, 0.05) is 22.7 Å². The van der Waals surface area contributed by atoms with E-state index in [9.17, 15) is 4.79 Å². The van der Waals surface area contributed by atoms with Gasteiger partial charge in [-0.05, 0) is 42.8 Å². The molecule has 0 saturated heterocycles. The van der Waals surface area contributed by atoms with Crippen LogP contribution in [0.15, 0.2) is 66.7 Å². The third-order valence-corrected chi connectivity index (χ3v) is 5.29. The van der Waals surface area contributed by atoms with Crippen LogP contribution in [0.25, 0.3) is 0 Å². The van der Waals surface area contributed by atoms with Gasteiger partial charge in [-0.1, -0.05) is 76.8 Å². The summed E-state index contributed by atoms with van der Waals surface area (Å²) >= 11 is 18.1. The van der Waals surface area contributed by atoms with Crippen LogP contribution >= 0.6 is 34.8 Å². The lowest BCUT2D eigenvalue weighted by molar-refractivity contribution is 0.0976. The standard InChI is InChI=1S/C22H18Cl3NO/c1-14-2-4-16(5-3-14)22(27)13-21(15-6-8-17(23)9-7-15)26-18-10-11-19(24)20(25)12-18/h2-12,21,26H,13H2,1H3/t21-/m1/s1. The lowest BCUT2D eigenvalue weighted by Gasteiger charge is -2.20. The van der Waals surface area contributed by atoms with Crippen LogP contribution in [0.3, 0.4) is 0 Å². The minimum Gasteiger partial charge on any atom is -0.378 e. The first-order valence-corrected chi connectivity index (χ1v) is 9.62. The van der Waals surface area contributed by atoms with Crippen LogP contribution in [0, 0.1) is 6.92 Å². The van der Waals surface area contributed by atoms with E-state index in [2.05, 4.69) is 5.32 Å². The fraction of sp³-hybridized carbons (Fsp3) is 0.136. The van der Waals surface area contributed by atoms with E-state index in [1.54, 1.807) is 12.1 Å². The number of aryl methyl sites for hydroxylation is 1. The van der Waals surface area contributed by atoms with Gasteiger partial charge in [0.15, 0.2) is 5.78 Å². The molecule has 0 unspecified atom stereocenters. The third kappa shape index (κ3) is 5.26. The fourth-order valence-corrected chi connectivity index (χ4v) is 3.20. The Morgan fingerprint density at radius 2 is 1.56 bits per heavy atom. The van der Waals surface area contributed by atoms with Gasteiger partial charge >= 0.3 is 0 Å². The molecule has 5 heteroatoms. The van der Waals surface area contributed by atoms with Gasteiger partial charge in [-0.2, -0.15) is 0 Å². The summed E-state index contributed by atoms with van der Waals surface area (Å²) in [5, 5.41) is 4.98. The van der Waals surface area contributed by atoms with Crippen LogP contribution in [-0.4, -0.2) is 5.78 Å². The molecule has 1 atom stereocenters. The normalized spacial score (nSPS) is 11.9. The highest BCUT2D eigenvalue weighted by atomic mass is 35.5. The molecule has 0 aromatic heterocycles. The molecule has 0 aliphatic carbocycles. The number of halogens is 3. The summed E-state index contributed by atoms with van der Waals surface area (Å²) in [5.74, 6) is 0.0579. The molecule has 3 rings (SSSR count). The molecule has 3 aromatic carbocycles. The molecule has 0 fully saturated rings. The number of hydrogen-bond donors (Lipinski definition) is 1. The molecule has 27 heavy (non-hydrogen) atoms. The van der Waals surface area contributed by atoms with Crippen molar-refractivity contribution in [3.05, 3.63) is 98.5 Å². The van der Waals surface area contributed by atoms with Crippen molar-refractivity contribution in [1.82, 2.24) is 0 Å². The quantitative estimate of drug-likeness (QED) is 0.423. The van der Waals surface area contributed by atoms with Crippen molar-refractivity contribution < 1.29 is 4.79 Å².